The predicted molar refractivity (Wildman–Crippen MR) is 105 cm³/mol. The molecule has 0 saturated carbocycles. The van der Waals surface area contributed by atoms with Gasteiger partial charge in [0.1, 0.15) is 10.5 Å². The van der Waals surface area contributed by atoms with Gasteiger partial charge in [-0.2, -0.15) is 4.31 Å². The van der Waals surface area contributed by atoms with Crippen LogP contribution in [-0.2, 0) is 10.0 Å². The van der Waals surface area contributed by atoms with Crippen LogP contribution in [0.3, 0.4) is 0 Å². The smallest absolute Gasteiger partial charge is 0.244 e. The van der Waals surface area contributed by atoms with Crippen molar-refractivity contribution in [3.8, 4) is 0 Å². The van der Waals surface area contributed by atoms with Crippen molar-refractivity contribution >= 4 is 26.7 Å². The van der Waals surface area contributed by atoms with Crippen LogP contribution >= 0.6 is 0 Å². The lowest BCUT2D eigenvalue weighted by Crippen LogP contribution is -2.52. The maximum Gasteiger partial charge on any atom is 0.244 e. The summed E-state index contributed by atoms with van der Waals surface area (Å²) >= 11 is 0. The molecule has 27 heavy (non-hydrogen) atoms. The maximum atomic E-state index is 13.0. The summed E-state index contributed by atoms with van der Waals surface area (Å²) in [5, 5.41) is 1.04. The summed E-state index contributed by atoms with van der Waals surface area (Å²) in [6, 6.07) is 7.32. The number of piperidine rings is 1. The fraction of sp³-hybridized carbons (Fsp3) is 0.368. The summed E-state index contributed by atoms with van der Waals surface area (Å²) < 4.78 is 27.6. The Kier molecular flexibility index (Phi) is 4.61. The first-order valence-electron chi connectivity index (χ1n) is 9.03. The third-order valence-corrected chi connectivity index (χ3v) is 7.32. The molecule has 3 aromatic rings. The molecule has 0 amide bonds. The highest BCUT2D eigenvalue weighted by atomic mass is 32.2. The molecule has 0 aromatic carbocycles. The zero-order chi connectivity index (χ0) is 19.0. The zero-order valence-corrected chi connectivity index (χ0v) is 16.2. The molecule has 1 aliphatic rings. The first-order chi connectivity index (χ1) is 13.0. The Morgan fingerprint density at radius 1 is 1.26 bits per heavy atom. The van der Waals surface area contributed by atoms with Gasteiger partial charge in [-0.1, -0.05) is 6.92 Å². The van der Waals surface area contributed by atoms with E-state index in [0.717, 1.165) is 23.1 Å². The van der Waals surface area contributed by atoms with Gasteiger partial charge in [-0.3, -0.25) is 4.98 Å². The lowest BCUT2D eigenvalue weighted by atomic mass is 9.93. The number of hydrogen-bond donors (Lipinski definition) is 1. The number of pyridine rings is 2. The van der Waals surface area contributed by atoms with Crippen molar-refractivity contribution in [2.24, 2.45) is 5.92 Å². The summed E-state index contributed by atoms with van der Waals surface area (Å²) in [5.41, 5.74) is 1.89. The fourth-order valence-electron chi connectivity index (χ4n) is 3.82. The Hall–Kier alpha value is -2.45. The molecular weight excluding hydrogens is 362 g/mol. The molecule has 0 spiro atoms. The van der Waals surface area contributed by atoms with E-state index < -0.39 is 10.0 Å². The predicted octanol–water partition coefficient (Wildman–Crippen LogP) is 2.49. The molecule has 1 aliphatic heterocycles. The van der Waals surface area contributed by atoms with E-state index in [1.54, 1.807) is 28.8 Å². The summed E-state index contributed by atoms with van der Waals surface area (Å²) in [6.45, 7) is 3.16. The average molecular weight is 385 g/mol. The monoisotopic (exact) mass is 385 g/mol. The van der Waals surface area contributed by atoms with Crippen LogP contribution in [-0.4, -0.2) is 53.9 Å². The van der Waals surface area contributed by atoms with Gasteiger partial charge in [0.2, 0.25) is 10.0 Å². The molecule has 1 unspecified atom stereocenters. The molecule has 0 aliphatic carbocycles. The SMILES string of the molecule is C[C@@H]1CCN(S(=O)(=O)c2cccnc2)CC1N(C)c1ccnc2[nH]ccc12. The van der Waals surface area contributed by atoms with Gasteiger partial charge in [0.25, 0.3) is 0 Å². The summed E-state index contributed by atoms with van der Waals surface area (Å²) in [7, 11) is -1.51. The summed E-state index contributed by atoms with van der Waals surface area (Å²) in [6.07, 6.45) is 7.47. The lowest BCUT2D eigenvalue weighted by molar-refractivity contribution is 0.247. The molecule has 0 radical (unpaired) electrons. The molecule has 142 valence electrons. The van der Waals surface area contributed by atoms with Crippen LogP contribution in [0.1, 0.15) is 13.3 Å². The molecule has 7 nitrogen and oxygen atoms in total. The Bertz CT molecular complexity index is 1030. The van der Waals surface area contributed by atoms with Crippen molar-refractivity contribution in [2.75, 3.05) is 25.0 Å². The van der Waals surface area contributed by atoms with Crippen LogP contribution in [0.5, 0.6) is 0 Å². The standard InChI is InChI=1S/C19H23N5O2S/c1-14-7-11-24(27(25,26)15-4-3-8-20-12-15)13-18(14)23(2)17-6-10-22-19-16(17)5-9-21-19/h3-6,8-10,12,14,18H,7,11,13H2,1-2H3,(H,21,22)/t14-,18?/m1/s1. The van der Waals surface area contributed by atoms with E-state index in [0.29, 0.717) is 19.0 Å². The maximum absolute atomic E-state index is 13.0. The number of sulfonamides is 1. The minimum absolute atomic E-state index is 0.0747. The van der Waals surface area contributed by atoms with Crippen LogP contribution in [0, 0.1) is 5.92 Å². The van der Waals surface area contributed by atoms with E-state index in [1.165, 1.54) is 6.20 Å². The first-order valence-corrected chi connectivity index (χ1v) is 10.5. The molecule has 1 saturated heterocycles. The number of aromatic amines is 1. The number of rotatable bonds is 4. The van der Waals surface area contributed by atoms with Crippen molar-refractivity contribution in [3.63, 3.8) is 0 Å². The second kappa shape index (κ2) is 6.94. The van der Waals surface area contributed by atoms with E-state index in [2.05, 4.69) is 26.8 Å². The van der Waals surface area contributed by atoms with Crippen molar-refractivity contribution < 1.29 is 8.42 Å². The Balaban J connectivity index is 1.64. The molecule has 1 fully saturated rings. The van der Waals surface area contributed by atoms with Gasteiger partial charge < -0.3 is 9.88 Å². The van der Waals surface area contributed by atoms with Gasteiger partial charge in [-0.05, 0) is 36.6 Å². The summed E-state index contributed by atoms with van der Waals surface area (Å²) in [4.78, 5) is 13.9. The van der Waals surface area contributed by atoms with E-state index in [4.69, 9.17) is 0 Å². The zero-order valence-electron chi connectivity index (χ0n) is 15.4. The van der Waals surface area contributed by atoms with E-state index >= 15 is 0 Å². The van der Waals surface area contributed by atoms with Crippen LogP contribution in [0.25, 0.3) is 11.0 Å². The van der Waals surface area contributed by atoms with Crippen molar-refractivity contribution in [2.45, 2.75) is 24.3 Å². The molecule has 1 N–H and O–H groups in total. The minimum Gasteiger partial charge on any atom is -0.369 e. The number of nitrogens with one attached hydrogen (secondary N) is 1. The Morgan fingerprint density at radius 3 is 2.89 bits per heavy atom. The summed E-state index contributed by atoms with van der Waals surface area (Å²) in [5.74, 6) is 0.373. The van der Waals surface area contributed by atoms with Gasteiger partial charge in [-0.25, -0.2) is 13.4 Å². The van der Waals surface area contributed by atoms with Crippen molar-refractivity contribution in [3.05, 3.63) is 49.1 Å². The molecule has 4 rings (SSSR count). The van der Waals surface area contributed by atoms with Crippen molar-refractivity contribution in [1.82, 2.24) is 19.3 Å². The quantitative estimate of drug-likeness (QED) is 0.746. The highest BCUT2D eigenvalue weighted by molar-refractivity contribution is 7.89. The third-order valence-electron chi connectivity index (χ3n) is 5.47. The normalized spacial score (nSPS) is 21.4. The largest absolute Gasteiger partial charge is 0.369 e. The van der Waals surface area contributed by atoms with Crippen LogP contribution < -0.4 is 4.90 Å². The molecule has 3 aromatic heterocycles. The molecule has 4 heterocycles. The number of H-pyrrole nitrogens is 1. The Morgan fingerprint density at radius 2 is 2.11 bits per heavy atom. The van der Waals surface area contributed by atoms with Gasteiger partial charge in [-0.15, -0.1) is 0 Å². The molecule has 2 atom stereocenters. The van der Waals surface area contributed by atoms with Crippen LogP contribution in [0.4, 0.5) is 5.69 Å². The van der Waals surface area contributed by atoms with Crippen LogP contribution in [0.15, 0.2) is 53.9 Å². The highest BCUT2D eigenvalue weighted by Gasteiger charge is 2.36. The van der Waals surface area contributed by atoms with Crippen LogP contribution in [0.2, 0.25) is 0 Å². The first kappa shape index (κ1) is 17.9. The van der Waals surface area contributed by atoms with Gasteiger partial charge >= 0.3 is 0 Å². The number of fused-ring (bicyclic) bond motifs is 1. The van der Waals surface area contributed by atoms with Gasteiger partial charge in [0, 0.05) is 62.0 Å². The third kappa shape index (κ3) is 3.19. The van der Waals surface area contributed by atoms with E-state index in [-0.39, 0.29) is 10.9 Å². The number of hydrogen-bond acceptors (Lipinski definition) is 5. The lowest BCUT2D eigenvalue weighted by Gasteiger charge is -2.42. The average Bonchev–Trinajstić information content (AvgIpc) is 3.17. The van der Waals surface area contributed by atoms with E-state index in [1.807, 2.05) is 25.4 Å². The molecule has 8 heteroatoms. The number of aromatic nitrogens is 3. The second-order valence-corrected chi connectivity index (χ2v) is 9.00. The highest BCUT2D eigenvalue weighted by Crippen LogP contribution is 2.31. The van der Waals surface area contributed by atoms with Gasteiger partial charge in [0.05, 0.1) is 0 Å². The molecular formula is C19H23N5O2S. The minimum atomic E-state index is -3.54. The Labute approximate surface area is 159 Å². The number of likely N-dealkylation sites (N-methyl/N-ethyl adjacent to an activating group) is 1. The molecule has 0 bridgehead atoms. The van der Waals surface area contributed by atoms with Crippen molar-refractivity contribution in [1.29, 1.82) is 0 Å². The van der Waals surface area contributed by atoms with E-state index in [9.17, 15) is 8.42 Å². The van der Waals surface area contributed by atoms with Gasteiger partial charge in [0.15, 0.2) is 0 Å². The number of anilines is 1. The second-order valence-electron chi connectivity index (χ2n) is 7.07. The topological polar surface area (TPSA) is 82.2 Å². The fourth-order valence-corrected chi connectivity index (χ4v) is 5.26. The number of nitrogens with zero attached hydrogens (tertiary/aromatic N) is 4.